The van der Waals surface area contributed by atoms with Crippen LogP contribution in [0.3, 0.4) is 0 Å². The van der Waals surface area contributed by atoms with E-state index in [0.717, 1.165) is 96.3 Å². The summed E-state index contributed by atoms with van der Waals surface area (Å²) in [5.74, 6) is -0.870. The average molecular weight is 1030 g/mol. The standard InChI is InChI=1S/C68H120O6/c1-4-7-10-13-16-19-22-25-27-29-31-32-33-34-35-36-37-39-40-43-46-49-52-55-58-61-67(70)73-64-65(63-72-66(69)60-57-54-51-48-45-42-24-21-18-15-12-9-6-3)74-68(71)62-59-56-53-50-47-44-41-38-30-28-26-23-20-17-14-11-8-5-2/h7,10,16,19,25,27-28,30-32,34-35,65H,4-6,8-9,11-15,17-18,20-24,26,29,33,36-64H2,1-3H3/b10-7-,19-16-,27-25-,30-28-,32-31-,35-34-. The highest BCUT2D eigenvalue weighted by Gasteiger charge is 2.19. The summed E-state index contributed by atoms with van der Waals surface area (Å²) in [5.41, 5.74) is 0. The van der Waals surface area contributed by atoms with Crippen LogP contribution in [-0.2, 0) is 28.6 Å². The van der Waals surface area contributed by atoms with Gasteiger partial charge in [-0.15, -0.1) is 0 Å². The summed E-state index contributed by atoms with van der Waals surface area (Å²) in [4.78, 5) is 38.3. The van der Waals surface area contributed by atoms with E-state index in [1.165, 1.54) is 186 Å². The summed E-state index contributed by atoms with van der Waals surface area (Å²) in [5, 5.41) is 0. The van der Waals surface area contributed by atoms with Crippen LogP contribution in [0.4, 0.5) is 0 Å². The second-order valence-corrected chi connectivity index (χ2v) is 21.3. The van der Waals surface area contributed by atoms with E-state index < -0.39 is 6.10 Å². The molecule has 0 N–H and O–H groups in total. The molecule has 1 atom stereocenters. The molecular formula is C68H120O6. The van der Waals surface area contributed by atoms with Crippen LogP contribution >= 0.6 is 0 Å². The fourth-order valence-corrected chi connectivity index (χ4v) is 9.17. The van der Waals surface area contributed by atoms with Crippen LogP contribution in [0, 0.1) is 0 Å². The van der Waals surface area contributed by atoms with Crippen LogP contribution in [0.15, 0.2) is 72.9 Å². The van der Waals surface area contributed by atoms with Crippen LogP contribution in [0.5, 0.6) is 0 Å². The van der Waals surface area contributed by atoms with E-state index in [0.29, 0.717) is 19.3 Å². The van der Waals surface area contributed by atoms with Gasteiger partial charge >= 0.3 is 17.9 Å². The van der Waals surface area contributed by atoms with Crippen molar-refractivity contribution in [2.45, 2.75) is 329 Å². The van der Waals surface area contributed by atoms with Crippen molar-refractivity contribution in [3.8, 4) is 0 Å². The quantitative estimate of drug-likeness (QED) is 0.0261. The highest BCUT2D eigenvalue weighted by atomic mass is 16.6. The lowest BCUT2D eigenvalue weighted by Crippen LogP contribution is -2.30. The van der Waals surface area contributed by atoms with Gasteiger partial charge < -0.3 is 14.2 Å². The summed E-state index contributed by atoms with van der Waals surface area (Å²) >= 11 is 0. The van der Waals surface area contributed by atoms with Gasteiger partial charge in [-0.05, 0) is 89.9 Å². The van der Waals surface area contributed by atoms with Crippen molar-refractivity contribution >= 4 is 17.9 Å². The number of unbranched alkanes of at least 4 members (excludes halogenated alkanes) is 35. The Morgan fingerprint density at radius 2 is 0.527 bits per heavy atom. The Kier molecular flexibility index (Phi) is 59.7. The molecule has 0 aliphatic carbocycles. The number of rotatable bonds is 58. The van der Waals surface area contributed by atoms with Gasteiger partial charge in [0, 0.05) is 19.3 Å². The van der Waals surface area contributed by atoms with Gasteiger partial charge in [0.05, 0.1) is 0 Å². The number of esters is 3. The molecule has 0 fully saturated rings. The van der Waals surface area contributed by atoms with Crippen LogP contribution in [0.2, 0.25) is 0 Å². The minimum atomic E-state index is -0.779. The molecule has 0 saturated heterocycles. The molecule has 0 amide bonds. The smallest absolute Gasteiger partial charge is 0.306 e. The first-order valence-electron chi connectivity index (χ1n) is 31.9. The van der Waals surface area contributed by atoms with Crippen molar-refractivity contribution < 1.29 is 28.6 Å². The third kappa shape index (κ3) is 59.7. The van der Waals surface area contributed by atoms with Gasteiger partial charge in [0.1, 0.15) is 13.2 Å². The molecule has 0 aromatic carbocycles. The molecule has 0 radical (unpaired) electrons. The van der Waals surface area contributed by atoms with E-state index in [9.17, 15) is 14.4 Å². The number of allylic oxidation sites excluding steroid dienone is 12. The molecule has 74 heavy (non-hydrogen) atoms. The maximum atomic E-state index is 12.9. The first-order chi connectivity index (χ1) is 36.5. The summed E-state index contributed by atoms with van der Waals surface area (Å²) in [6, 6.07) is 0. The number of hydrogen-bond acceptors (Lipinski definition) is 6. The van der Waals surface area contributed by atoms with Crippen LogP contribution in [0.25, 0.3) is 0 Å². The van der Waals surface area contributed by atoms with E-state index in [-0.39, 0.29) is 31.1 Å². The zero-order chi connectivity index (χ0) is 53.6. The average Bonchev–Trinajstić information content (AvgIpc) is 3.40. The lowest BCUT2D eigenvalue weighted by atomic mass is 10.0. The number of carbonyl (C=O) groups is 3. The largest absolute Gasteiger partial charge is 0.462 e. The van der Waals surface area contributed by atoms with Gasteiger partial charge in [-0.1, -0.05) is 286 Å². The molecular weight excluding hydrogens is 913 g/mol. The maximum absolute atomic E-state index is 12.9. The number of hydrogen-bond donors (Lipinski definition) is 0. The Balaban J connectivity index is 4.32. The Bertz CT molecular complexity index is 1370. The van der Waals surface area contributed by atoms with Crippen molar-refractivity contribution in [2.24, 2.45) is 0 Å². The Hall–Kier alpha value is -3.15. The van der Waals surface area contributed by atoms with Crippen molar-refractivity contribution in [1.82, 2.24) is 0 Å². The monoisotopic (exact) mass is 1030 g/mol. The second kappa shape index (κ2) is 62.4. The molecule has 0 aliphatic rings. The Morgan fingerprint density at radius 1 is 0.284 bits per heavy atom. The molecule has 0 aromatic heterocycles. The first kappa shape index (κ1) is 70.8. The van der Waals surface area contributed by atoms with Crippen molar-refractivity contribution in [1.29, 1.82) is 0 Å². The minimum absolute atomic E-state index is 0.0754. The SMILES string of the molecule is CC/C=C\C/C=C\C/C=C\C/C=C\C/C=C\CCCCCCCCCCCC(=O)OCC(COC(=O)CCCCCCCCCCCCCCC)OC(=O)CCCCCCCCC/C=C\CCCCCCCCC. The van der Waals surface area contributed by atoms with Gasteiger partial charge in [-0.25, -0.2) is 0 Å². The predicted octanol–water partition coefficient (Wildman–Crippen LogP) is 21.7. The summed E-state index contributed by atoms with van der Waals surface area (Å²) in [7, 11) is 0. The van der Waals surface area contributed by atoms with Crippen LogP contribution in [-0.4, -0.2) is 37.2 Å². The van der Waals surface area contributed by atoms with E-state index in [4.69, 9.17) is 14.2 Å². The van der Waals surface area contributed by atoms with Gasteiger partial charge in [0.2, 0.25) is 0 Å². The topological polar surface area (TPSA) is 78.9 Å². The number of ether oxygens (including phenoxy) is 3. The molecule has 0 rings (SSSR count). The fraction of sp³-hybridized carbons (Fsp3) is 0.779. The van der Waals surface area contributed by atoms with Gasteiger partial charge in [0.25, 0.3) is 0 Å². The molecule has 0 bridgehead atoms. The van der Waals surface area contributed by atoms with E-state index in [1.807, 2.05) is 0 Å². The molecule has 0 saturated carbocycles. The van der Waals surface area contributed by atoms with Gasteiger partial charge in [-0.3, -0.25) is 14.4 Å². The first-order valence-corrected chi connectivity index (χ1v) is 31.9. The fourth-order valence-electron chi connectivity index (χ4n) is 9.17. The number of carbonyl (C=O) groups excluding carboxylic acids is 3. The third-order valence-corrected chi connectivity index (χ3v) is 13.9. The van der Waals surface area contributed by atoms with E-state index >= 15 is 0 Å². The lowest BCUT2D eigenvalue weighted by Gasteiger charge is -2.18. The van der Waals surface area contributed by atoms with Crippen LogP contribution < -0.4 is 0 Å². The van der Waals surface area contributed by atoms with E-state index in [2.05, 4.69) is 93.7 Å². The Labute approximate surface area is 459 Å². The van der Waals surface area contributed by atoms with E-state index in [1.54, 1.807) is 0 Å². The molecule has 0 spiro atoms. The third-order valence-electron chi connectivity index (χ3n) is 13.9. The maximum Gasteiger partial charge on any atom is 0.306 e. The normalized spacial score (nSPS) is 12.5. The molecule has 0 aromatic rings. The van der Waals surface area contributed by atoms with Crippen molar-refractivity contribution in [2.75, 3.05) is 13.2 Å². The Morgan fingerprint density at radius 3 is 0.838 bits per heavy atom. The molecule has 6 heteroatoms. The van der Waals surface area contributed by atoms with Crippen molar-refractivity contribution in [3.05, 3.63) is 72.9 Å². The van der Waals surface area contributed by atoms with Crippen LogP contribution in [0.1, 0.15) is 323 Å². The predicted molar refractivity (Wildman–Crippen MR) is 321 cm³/mol. The summed E-state index contributed by atoms with van der Waals surface area (Å²) in [6.07, 6.45) is 80.4. The highest BCUT2D eigenvalue weighted by molar-refractivity contribution is 5.71. The molecule has 1 unspecified atom stereocenters. The van der Waals surface area contributed by atoms with Gasteiger partial charge in [-0.2, -0.15) is 0 Å². The molecule has 6 nitrogen and oxygen atoms in total. The zero-order valence-corrected chi connectivity index (χ0v) is 49.1. The van der Waals surface area contributed by atoms with Crippen molar-refractivity contribution in [3.63, 3.8) is 0 Å². The second-order valence-electron chi connectivity index (χ2n) is 21.3. The highest BCUT2D eigenvalue weighted by Crippen LogP contribution is 2.16. The summed E-state index contributed by atoms with van der Waals surface area (Å²) in [6.45, 7) is 6.55. The lowest BCUT2D eigenvalue weighted by molar-refractivity contribution is -0.167. The molecule has 0 heterocycles. The molecule has 428 valence electrons. The summed E-state index contributed by atoms with van der Waals surface area (Å²) < 4.78 is 16.9. The minimum Gasteiger partial charge on any atom is -0.462 e. The zero-order valence-electron chi connectivity index (χ0n) is 49.1. The van der Waals surface area contributed by atoms with Gasteiger partial charge in [0.15, 0.2) is 6.10 Å². The molecule has 0 aliphatic heterocycles.